The van der Waals surface area contributed by atoms with Gasteiger partial charge in [0.15, 0.2) is 5.43 Å². The van der Waals surface area contributed by atoms with Gasteiger partial charge in [0.25, 0.3) is 0 Å². The van der Waals surface area contributed by atoms with Gasteiger partial charge in [0.2, 0.25) is 0 Å². The van der Waals surface area contributed by atoms with E-state index in [1.165, 1.54) is 13.2 Å². The molecule has 1 aliphatic rings. The highest BCUT2D eigenvalue weighted by Gasteiger charge is 2.14. The molecule has 1 aromatic heterocycles. The highest BCUT2D eigenvalue weighted by molar-refractivity contribution is 5.89. The number of hydrogen-bond acceptors (Lipinski definition) is 6. The summed E-state index contributed by atoms with van der Waals surface area (Å²) in [5.41, 5.74) is 2.06. The first kappa shape index (κ1) is 22.2. The number of methoxy groups -OCH3 is 1. The minimum absolute atomic E-state index is 0.0770. The van der Waals surface area contributed by atoms with Gasteiger partial charge < -0.3 is 28.9 Å². The van der Waals surface area contributed by atoms with E-state index >= 15 is 0 Å². The molecule has 3 aromatic rings. The second kappa shape index (κ2) is 9.63. The van der Waals surface area contributed by atoms with Crippen LogP contribution in [0.2, 0.25) is 0 Å². The van der Waals surface area contributed by atoms with Gasteiger partial charge in [-0.05, 0) is 43.3 Å². The molecule has 0 bridgehead atoms. The Morgan fingerprint density at radius 1 is 0.969 bits per heavy atom. The van der Waals surface area contributed by atoms with Crippen molar-refractivity contribution in [3.63, 3.8) is 0 Å². The monoisotopic (exact) mass is 437 g/mol. The molecule has 0 unspecified atom stereocenters. The first-order valence-electron chi connectivity index (χ1n) is 11.0. The van der Waals surface area contributed by atoms with Crippen molar-refractivity contribution in [2.24, 2.45) is 7.05 Å². The fourth-order valence-corrected chi connectivity index (χ4v) is 4.19. The summed E-state index contributed by atoms with van der Waals surface area (Å²) < 4.78 is 13.1. The molecule has 4 rings (SSSR count). The molecule has 0 aliphatic carbocycles. The van der Waals surface area contributed by atoms with Gasteiger partial charge in [-0.3, -0.25) is 4.79 Å². The molecule has 32 heavy (non-hydrogen) atoms. The van der Waals surface area contributed by atoms with Crippen LogP contribution in [0.3, 0.4) is 0 Å². The quantitative estimate of drug-likeness (QED) is 0.574. The third kappa shape index (κ3) is 4.74. The van der Waals surface area contributed by atoms with Crippen molar-refractivity contribution >= 4 is 10.9 Å². The van der Waals surface area contributed by atoms with Crippen LogP contribution in [0.1, 0.15) is 6.42 Å². The standard InChI is InChI=1S/C25H31N3O4/c1-26-10-12-28(13-11-26)9-4-14-32-19-7-5-18(6-8-19)21-17-24(30)25-22(27(21)2)15-20(31-3)16-23(25)29/h5-8,15-17,29H,4,9-14H2,1-3H3. The van der Waals surface area contributed by atoms with Crippen molar-refractivity contribution in [3.05, 3.63) is 52.7 Å². The number of ether oxygens (including phenoxy) is 2. The Balaban J connectivity index is 1.44. The summed E-state index contributed by atoms with van der Waals surface area (Å²) in [5.74, 6) is 1.24. The minimum atomic E-state index is -0.225. The summed E-state index contributed by atoms with van der Waals surface area (Å²) in [7, 11) is 5.58. The smallest absolute Gasteiger partial charge is 0.193 e. The van der Waals surface area contributed by atoms with E-state index in [9.17, 15) is 9.90 Å². The van der Waals surface area contributed by atoms with E-state index < -0.39 is 0 Å². The Morgan fingerprint density at radius 2 is 1.69 bits per heavy atom. The summed E-state index contributed by atoms with van der Waals surface area (Å²) in [6.45, 7) is 6.25. The Bertz CT molecular complexity index is 1130. The summed E-state index contributed by atoms with van der Waals surface area (Å²) >= 11 is 0. The second-order valence-corrected chi connectivity index (χ2v) is 8.36. The van der Waals surface area contributed by atoms with Gasteiger partial charge in [0.05, 0.1) is 30.3 Å². The van der Waals surface area contributed by atoms with Crippen LogP contribution in [0.4, 0.5) is 0 Å². The highest BCUT2D eigenvalue weighted by atomic mass is 16.5. The number of likely N-dealkylation sites (N-methyl/N-ethyl adjacent to an activating group) is 1. The Labute approximate surface area is 188 Å². The van der Waals surface area contributed by atoms with E-state index in [1.54, 1.807) is 12.1 Å². The maximum absolute atomic E-state index is 12.7. The molecule has 0 radical (unpaired) electrons. The van der Waals surface area contributed by atoms with Crippen molar-refractivity contribution in [1.82, 2.24) is 14.4 Å². The molecule has 0 amide bonds. The van der Waals surface area contributed by atoms with Gasteiger partial charge in [-0.1, -0.05) is 0 Å². The maximum atomic E-state index is 12.7. The normalized spacial score (nSPS) is 15.2. The molecule has 0 saturated carbocycles. The van der Waals surface area contributed by atoms with Crippen molar-refractivity contribution < 1.29 is 14.6 Å². The highest BCUT2D eigenvalue weighted by Crippen LogP contribution is 2.31. The summed E-state index contributed by atoms with van der Waals surface area (Å²) in [6.07, 6.45) is 0.996. The van der Waals surface area contributed by atoms with Gasteiger partial charge in [-0.25, -0.2) is 0 Å². The number of phenols is 1. The topological polar surface area (TPSA) is 67.2 Å². The molecule has 1 saturated heterocycles. The van der Waals surface area contributed by atoms with Crippen LogP contribution in [0.25, 0.3) is 22.2 Å². The number of aryl methyl sites for hydroxylation is 1. The predicted molar refractivity (Wildman–Crippen MR) is 127 cm³/mol. The van der Waals surface area contributed by atoms with Crippen LogP contribution in [-0.4, -0.2) is 73.0 Å². The molecular weight excluding hydrogens is 406 g/mol. The molecule has 0 atom stereocenters. The molecule has 7 nitrogen and oxygen atoms in total. The van der Waals surface area contributed by atoms with E-state index in [2.05, 4.69) is 16.8 Å². The van der Waals surface area contributed by atoms with Crippen LogP contribution in [0.15, 0.2) is 47.3 Å². The first-order chi connectivity index (χ1) is 15.5. The Kier molecular flexibility index (Phi) is 6.67. The van der Waals surface area contributed by atoms with E-state index in [0.29, 0.717) is 17.9 Å². The lowest BCUT2D eigenvalue weighted by molar-refractivity contribution is 0.145. The van der Waals surface area contributed by atoms with Gasteiger partial charge in [-0.2, -0.15) is 0 Å². The number of fused-ring (bicyclic) bond motifs is 1. The van der Waals surface area contributed by atoms with E-state index in [0.717, 1.165) is 56.2 Å². The van der Waals surface area contributed by atoms with Gasteiger partial charge in [0.1, 0.15) is 17.2 Å². The van der Waals surface area contributed by atoms with Crippen molar-refractivity contribution in [2.75, 3.05) is 53.5 Å². The first-order valence-corrected chi connectivity index (χ1v) is 11.0. The summed E-state index contributed by atoms with van der Waals surface area (Å²) in [5, 5.41) is 10.6. The van der Waals surface area contributed by atoms with Crippen molar-refractivity contribution in [2.45, 2.75) is 6.42 Å². The lowest BCUT2D eigenvalue weighted by Crippen LogP contribution is -2.44. The average molecular weight is 438 g/mol. The average Bonchev–Trinajstić information content (AvgIpc) is 2.80. The number of rotatable bonds is 7. The van der Waals surface area contributed by atoms with E-state index in [4.69, 9.17) is 9.47 Å². The summed E-state index contributed by atoms with van der Waals surface area (Å²) in [4.78, 5) is 17.5. The molecule has 170 valence electrons. The van der Waals surface area contributed by atoms with Crippen LogP contribution < -0.4 is 14.9 Å². The maximum Gasteiger partial charge on any atom is 0.193 e. The Morgan fingerprint density at radius 3 is 2.38 bits per heavy atom. The fourth-order valence-electron chi connectivity index (χ4n) is 4.19. The van der Waals surface area contributed by atoms with Crippen molar-refractivity contribution in [1.29, 1.82) is 0 Å². The van der Waals surface area contributed by atoms with Gasteiger partial charge >= 0.3 is 0 Å². The van der Waals surface area contributed by atoms with E-state index in [1.807, 2.05) is 35.9 Å². The van der Waals surface area contributed by atoms with Crippen LogP contribution in [-0.2, 0) is 7.05 Å². The Hall–Kier alpha value is -3.03. The summed E-state index contributed by atoms with van der Waals surface area (Å²) in [6, 6.07) is 12.6. The third-order valence-electron chi connectivity index (χ3n) is 6.18. The number of piperazine rings is 1. The van der Waals surface area contributed by atoms with Gasteiger partial charge in [0, 0.05) is 58.0 Å². The van der Waals surface area contributed by atoms with Crippen LogP contribution in [0, 0.1) is 0 Å². The number of nitrogens with zero attached hydrogens (tertiary/aromatic N) is 3. The van der Waals surface area contributed by atoms with Crippen LogP contribution in [0.5, 0.6) is 17.2 Å². The second-order valence-electron chi connectivity index (χ2n) is 8.36. The largest absolute Gasteiger partial charge is 0.507 e. The lowest BCUT2D eigenvalue weighted by Gasteiger charge is -2.32. The molecule has 1 N–H and O–H groups in total. The minimum Gasteiger partial charge on any atom is -0.507 e. The molecule has 2 aromatic carbocycles. The lowest BCUT2D eigenvalue weighted by atomic mass is 10.1. The zero-order valence-corrected chi connectivity index (χ0v) is 19.0. The van der Waals surface area contributed by atoms with Gasteiger partial charge in [-0.15, -0.1) is 0 Å². The number of pyridine rings is 1. The number of phenolic OH excluding ortho intramolecular Hbond substituents is 1. The third-order valence-corrected chi connectivity index (χ3v) is 6.18. The fraction of sp³-hybridized carbons (Fsp3) is 0.400. The van der Waals surface area contributed by atoms with Crippen molar-refractivity contribution in [3.8, 4) is 28.5 Å². The van der Waals surface area contributed by atoms with Crippen LogP contribution >= 0.6 is 0 Å². The SMILES string of the molecule is COc1cc(O)c2c(=O)cc(-c3ccc(OCCCN4CCN(C)CC4)cc3)n(C)c2c1. The number of benzene rings is 2. The molecule has 1 aliphatic heterocycles. The number of hydrogen-bond donors (Lipinski definition) is 1. The zero-order chi connectivity index (χ0) is 22.7. The molecular formula is C25H31N3O4. The molecule has 7 heteroatoms. The van der Waals surface area contributed by atoms with E-state index in [-0.39, 0.29) is 16.6 Å². The number of aromatic nitrogens is 1. The molecule has 1 fully saturated rings. The predicted octanol–water partition coefficient (Wildman–Crippen LogP) is 2.94. The number of aromatic hydroxyl groups is 1. The molecule has 2 heterocycles. The zero-order valence-electron chi connectivity index (χ0n) is 19.0. The molecule has 0 spiro atoms.